The first-order valence-electron chi connectivity index (χ1n) is 8.22. The van der Waals surface area contributed by atoms with E-state index in [1.165, 1.54) is 23.1 Å². The predicted molar refractivity (Wildman–Crippen MR) is 95.0 cm³/mol. The Balaban J connectivity index is 1.78. The molecular formula is C21H25N. The van der Waals surface area contributed by atoms with E-state index in [2.05, 4.69) is 73.6 Å². The molecule has 0 atom stereocenters. The average Bonchev–Trinajstić information content (AvgIpc) is 2.89. The van der Waals surface area contributed by atoms with Gasteiger partial charge in [-0.15, -0.1) is 0 Å². The summed E-state index contributed by atoms with van der Waals surface area (Å²) < 4.78 is 0. The molecule has 1 aliphatic carbocycles. The zero-order valence-corrected chi connectivity index (χ0v) is 13.7. The van der Waals surface area contributed by atoms with Crippen LogP contribution in [-0.4, -0.2) is 25.5 Å². The number of benzene rings is 2. The number of rotatable bonds is 6. The molecular weight excluding hydrogens is 266 g/mol. The van der Waals surface area contributed by atoms with Crippen LogP contribution in [0.2, 0.25) is 0 Å². The molecule has 0 fully saturated rings. The lowest BCUT2D eigenvalue weighted by atomic mass is 9.98. The van der Waals surface area contributed by atoms with Crippen LogP contribution in [0.3, 0.4) is 0 Å². The molecule has 0 heterocycles. The highest BCUT2D eigenvalue weighted by Crippen LogP contribution is 2.37. The van der Waals surface area contributed by atoms with Crippen LogP contribution >= 0.6 is 0 Å². The van der Waals surface area contributed by atoms with E-state index < -0.39 is 0 Å². The van der Waals surface area contributed by atoms with Crippen molar-refractivity contribution in [1.29, 1.82) is 0 Å². The normalized spacial score (nSPS) is 13.8. The van der Waals surface area contributed by atoms with Gasteiger partial charge >= 0.3 is 0 Å². The van der Waals surface area contributed by atoms with Crippen LogP contribution in [-0.2, 0) is 12.8 Å². The van der Waals surface area contributed by atoms with E-state index in [0.29, 0.717) is 0 Å². The highest BCUT2D eigenvalue weighted by Gasteiger charge is 2.20. The number of hydrogen-bond donors (Lipinski definition) is 0. The van der Waals surface area contributed by atoms with Gasteiger partial charge in [0.05, 0.1) is 0 Å². The first-order chi connectivity index (χ1) is 10.7. The Morgan fingerprint density at radius 3 is 2.32 bits per heavy atom. The van der Waals surface area contributed by atoms with Gasteiger partial charge in [0, 0.05) is 6.54 Å². The van der Waals surface area contributed by atoms with E-state index in [1.807, 2.05) is 0 Å². The first-order valence-corrected chi connectivity index (χ1v) is 8.22. The second kappa shape index (κ2) is 6.93. The van der Waals surface area contributed by atoms with Crippen LogP contribution < -0.4 is 0 Å². The summed E-state index contributed by atoms with van der Waals surface area (Å²) in [5.41, 5.74) is 7.69. The van der Waals surface area contributed by atoms with Crippen LogP contribution in [0.1, 0.15) is 29.5 Å². The van der Waals surface area contributed by atoms with Crippen molar-refractivity contribution in [2.45, 2.75) is 25.7 Å². The molecule has 1 nitrogen and oxygen atoms in total. The quantitative estimate of drug-likeness (QED) is 0.753. The van der Waals surface area contributed by atoms with Gasteiger partial charge in [0.15, 0.2) is 0 Å². The molecule has 0 aromatic heterocycles. The molecule has 114 valence electrons. The fourth-order valence-electron chi connectivity index (χ4n) is 3.32. The van der Waals surface area contributed by atoms with Crippen molar-refractivity contribution in [3.05, 3.63) is 76.9 Å². The monoisotopic (exact) mass is 291 g/mol. The number of allylic oxidation sites excluding steroid dienone is 1. The Kier molecular flexibility index (Phi) is 4.74. The molecule has 0 saturated carbocycles. The molecule has 0 unspecified atom stereocenters. The van der Waals surface area contributed by atoms with Crippen LogP contribution in [0.4, 0.5) is 0 Å². The second-order valence-electron chi connectivity index (χ2n) is 6.45. The maximum absolute atomic E-state index is 2.30. The molecule has 22 heavy (non-hydrogen) atoms. The van der Waals surface area contributed by atoms with Gasteiger partial charge in [0.2, 0.25) is 0 Å². The van der Waals surface area contributed by atoms with Gasteiger partial charge in [-0.1, -0.05) is 60.2 Å². The summed E-state index contributed by atoms with van der Waals surface area (Å²) in [6.07, 6.45) is 4.64. The van der Waals surface area contributed by atoms with Gasteiger partial charge in [-0.25, -0.2) is 0 Å². The van der Waals surface area contributed by atoms with Gasteiger partial charge in [0.25, 0.3) is 0 Å². The highest BCUT2D eigenvalue weighted by molar-refractivity contribution is 5.76. The molecule has 0 bridgehead atoms. The van der Waals surface area contributed by atoms with Gasteiger partial charge in [0.1, 0.15) is 0 Å². The molecule has 0 radical (unpaired) electrons. The summed E-state index contributed by atoms with van der Waals surface area (Å²) in [7, 11) is 4.32. The van der Waals surface area contributed by atoms with E-state index in [1.54, 1.807) is 11.1 Å². The van der Waals surface area contributed by atoms with Crippen molar-refractivity contribution in [1.82, 2.24) is 4.90 Å². The van der Waals surface area contributed by atoms with E-state index in [0.717, 1.165) is 25.8 Å². The summed E-state index contributed by atoms with van der Waals surface area (Å²) in [6, 6.07) is 19.8. The number of nitrogens with zero attached hydrogens (tertiary/aromatic N) is 1. The Morgan fingerprint density at radius 1 is 0.818 bits per heavy atom. The lowest BCUT2D eigenvalue weighted by Gasteiger charge is -2.13. The zero-order valence-electron chi connectivity index (χ0n) is 13.7. The van der Waals surface area contributed by atoms with Crippen molar-refractivity contribution in [3.8, 4) is 0 Å². The largest absolute Gasteiger partial charge is 0.309 e. The van der Waals surface area contributed by atoms with Gasteiger partial charge in [-0.2, -0.15) is 0 Å². The molecule has 1 aliphatic rings. The van der Waals surface area contributed by atoms with Gasteiger partial charge in [-0.05, 0) is 62.0 Å². The highest BCUT2D eigenvalue weighted by atomic mass is 15.0. The topological polar surface area (TPSA) is 3.24 Å². The van der Waals surface area contributed by atoms with E-state index in [9.17, 15) is 0 Å². The van der Waals surface area contributed by atoms with Crippen LogP contribution in [0.5, 0.6) is 0 Å². The van der Waals surface area contributed by atoms with Crippen molar-refractivity contribution in [2.75, 3.05) is 20.6 Å². The van der Waals surface area contributed by atoms with Crippen molar-refractivity contribution in [2.24, 2.45) is 0 Å². The van der Waals surface area contributed by atoms with Crippen LogP contribution in [0, 0.1) is 0 Å². The van der Waals surface area contributed by atoms with Gasteiger partial charge < -0.3 is 4.90 Å². The summed E-state index contributed by atoms with van der Waals surface area (Å²) in [6.45, 7) is 1.12. The van der Waals surface area contributed by atoms with E-state index in [-0.39, 0.29) is 0 Å². The standard InChI is InChI=1S/C21H25N/c1-22(2)15-14-21-19(13-12-17-8-4-3-5-9-17)16-18-10-6-7-11-20(18)21/h3-11H,12-16H2,1-2H3. The molecule has 3 rings (SSSR count). The second-order valence-corrected chi connectivity index (χ2v) is 6.45. The minimum Gasteiger partial charge on any atom is -0.309 e. The van der Waals surface area contributed by atoms with Crippen molar-refractivity contribution in [3.63, 3.8) is 0 Å². The molecule has 0 spiro atoms. The van der Waals surface area contributed by atoms with E-state index >= 15 is 0 Å². The Morgan fingerprint density at radius 2 is 1.55 bits per heavy atom. The third kappa shape index (κ3) is 3.48. The third-order valence-electron chi connectivity index (χ3n) is 4.54. The summed E-state index contributed by atoms with van der Waals surface area (Å²) in [4.78, 5) is 2.28. The lowest BCUT2D eigenvalue weighted by molar-refractivity contribution is 0.419. The maximum Gasteiger partial charge on any atom is 0.00159 e. The summed E-state index contributed by atoms with van der Waals surface area (Å²) in [5, 5.41) is 0. The Bertz CT molecular complexity index is 653. The fraction of sp³-hybridized carbons (Fsp3) is 0.333. The van der Waals surface area contributed by atoms with Gasteiger partial charge in [-0.3, -0.25) is 0 Å². The third-order valence-corrected chi connectivity index (χ3v) is 4.54. The number of hydrogen-bond acceptors (Lipinski definition) is 1. The van der Waals surface area contributed by atoms with E-state index in [4.69, 9.17) is 0 Å². The Labute approximate surface area is 134 Å². The minimum absolute atomic E-state index is 1.12. The summed E-state index contributed by atoms with van der Waals surface area (Å²) in [5.74, 6) is 0. The minimum atomic E-state index is 1.12. The SMILES string of the molecule is CN(C)CCC1=C(CCc2ccccc2)Cc2ccccc21. The Hall–Kier alpha value is -1.86. The first kappa shape index (κ1) is 15.1. The van der Waals surface area contributed by atoms with Crippen LogP contribution in [0.15, 0.2) is 60.2 Å². The lowest BCUT2D eigenvalue weighted by Crippen LogP contribution is -2.13. The molecule has 0 saturated heterocycles. The maximum atomic E-state index is 2.30. The number of aryl methyl sites for hydroxylation is 1. The fourth-order valence-corrected chi connectivity index (χ4v) is 3.32. The molecule has 1 heteroatoms. The molecule has 0 N–H and O–H groups in total. The molecule has 2 aromatic carbocycles. The average molecular weight is 291 g/mol. The molecule has 0 aliphatic heterocycles. The molecule has 0 amide bonds. The summed E-state index contributed by atoms with van der Waals surface area (Å²) >= 11 is 0. The van der Waals surface area contributed by atoms with Crippen LogP contribution in [0.25, 0.3) is 5.57 Å². The predicted octanol–water partition coefficient (Wildman–Crippen LogP) is 4.58. The molecule has 2 aromatic rings. The zero-order chi connectivity index (χ0) is 15.4. The van der Waals surface area contributed by atoms with Crippen molar-refractivity contribution >= 4 is 5.57 Å². The number of fused-ring (bicyclic) bond motifs is 1. The van der Waals surface area contributed by atoms with Crippen molar-refractivity contribution < 1.29 is 0 Å². The smallest absolute Gasteiger partial charge is 0.00159 e.